The van der Waals surface area contributed by atoms with Gasteiger partial charge in [-0.05, 0) is 41.6 Å². The Morgan fingerprint density at radius 1 is 1.08 bits per heavy atom. The first-order valence-corrected chi connectivity index (χ1v) is 10.3. The molecule has 7 nitrogen and oxygen atoms in total. The third-order valence-electron chi connectivity index (χ3n) is 3.63. The van der Waals surface area contributed by atoms with Crippen molar-refractivity contribution in [1.82, 2.24) is 10.0 Å². The maximum atomic E-state index is 12.6. The summed E-state index contributed by atoms with van der Waals surface area (Å²) in [5.41, 5.74) is 0.938. The Labute approximate surface area is 156 Å². The van der Waals surface area contributed by atoms with E-state index in [-0.39, 0.29) is 16.0 Å². The van der Waals surface area contributed by atoms with Crippen LogP contribution in [0.4, 0.5) is 5.69 Å². The molecule has 0 radical (unpaired) electrons. The fraction of sp³-hybridized carbons (Fsp3) is 0.294. The number of carbonyl (C=O) groups is 2. The molecule has 1 aromatic heterocycles. The lowest BCUT2D eigenvalue weighted by Crippen LogP contribution is -2.46. The fourth-order valence-corrected chi connectivity index (χ4v) is 4.56. The van der Waals surface area contributed by atoms with Crippen molar-refractivity contribution in [3.63, 3.8) is 0 Å². The van der Waals surface area contributed by atoms with E-state index in [1.54, 1.807) is 49.6 Å². The van der Waals surface area contributed by atoms with Crippen LogP contribution in [0.2, 0.25) is 0 Å². The summed E-state index contributed by atoms with van der Waals surface area (Å²) in [7, 11) is -2.23. The van der Waals surface area contributed by atoms with Crippen LogP contribution in [0.15, 0.2) is 46.0 Å². The van der Waals surface area contributed by atoms with E-state index in [1.807, 2.05) is 0 Å². The van der Waals surface area contributed by atoms with Gasteiger partial charge in [0.25, 0.3) is 15.9 Å². The molecule has 0 saturated heterocycles. The molecule has 1 aromatic carbocycles. The van der Waals surface area contributed by atoms with Gasteiger partial charge >= 0.3 is 0 Å². The lowest BCUT2D eigenvalue weighted by molar-refractivity contribution is -0.118. The maximum absolute atomic E-state index is 12.6. The summed E-state index contributed by atoms with van der Waals surface area (Å²) in [6.07, 6.45) is 0. The average molecular weight is 396 g/mol. The minimum absolute atomic E-state index is 0.158. The number of amides is 2. The Morgan fingerprint density at radius 3 is 2.23 bits per heavy atom. The van der Waals surface area contributed by atoms with Gasteiger partial charge in [0, 0.05) is 18.3 Å². The third-order valence-corrected chi connectivity index (χ3v) is 6.47. The highest BCUT2D eigenvalue weighted by Crippen LogP contribution is 2.18. The minimum atomic E-state index is -3.77. The second-order valence-electron chi connectivity index (χ2n) is 5.92. The molecular weight excluding hydrogens is 374 g/mol. The van der Waals surface area contributed by atoms with Crippen molar-refractivity contribution in [1.29, 1.82) is 0 Å². The van der Waals surface area contributed by atoms with E-state index in [0.717, 1.165) is 11.3 Å². The summed E-state index contributed by atoms with van der Waals surface area (Å²) >= 11 is 1.09. The average Bonchev–Trinajstić information content (AvgIpc) is 3.15. The van der Waals surface area contributed by atoms with Crippen molar-refractivity contribution in [3.05, 3.63) is 47.3 Å². The molecular formula is C17H21N3O4S2. The molecule has 0 unspecified atom stereocenters. The molecule has 0 bridgehead atoms. The van der Waals surface area contributed by atoms with Crippen molar-refractivity contribution >= 4 is 38.9 Å². The molecule has 3 N–H and O–H groups in total. The lowest BCUT2D eigenvalue weighted by Gasteiger charge is -2.21. The van der Waals surface area contributed by atoms with Crippen molar-refractivity contribution in [3.8, 4) is 0 Å². The molecule has 0 aliphatic rings. The van der Waals surface area contributed by atoms with Crippen molar-refractivity contribution in [2.75, 3.05) is 12.4 Å². The van der Waals surface area contributed by atoms with Gasteiger partial charge in [0.05, 0.1) is 0 Å². The molecule has 1 atom stereocenters. The van der Waals surface area contributed by atoms with E-state index in [4.69, 9.17) is 0 Å². The lowest BCUT2D eigenvalue weighted by atomic mass is 10.0. The molecule has 0 saturated carbocycles. The Morgan fingerprint density at radius 2 is 1.73 bits per heavy atom. The normalized spacial score (nSPS) is 12.6. The topological polar surface area (TPSA) is 104 Å². The van der Waals surface area contributed by atoms with Gasteiger partial charge in [0.15, 0.2) is 0 Å². The molecule has 0 fully saturated rings. The Hall–Kier alpha value is -2.23. The SMILES string of the molecule is CNC(=O)c1ccc(NC(=O)[C@H](NS(=O)(=O)c2cccs2)C(C)C)cc1. The van der Waals surface area contributed by atoms with Crippen LogP contribution >= 0.6 is 11.3 Å². The smallest absolute Gasteiger partial charge is 0.251 e. The maximum Gasteiger partial charge on any atom is 0.251 e. The molecule has 2 aromatic rings. The van der Waals surface area contributed by atoms with E-state index in [1.165, 1.54) is 13.1 Å². The van der Waals surface area contributed by atoms with Crippen LogP contribution in [0.25, 0.3) is 0 Å². The zero-order valence-electron chi connectivity index (χ0n) is 14.6. The summed E-state index contributed by atoms with van der Waals surface area (Å²) in [6.45, 7) is 3.52. The van der Waals surface area contributed by atoms with E-state index in [2.05, 4.69) is 15.4 Å². The van der Waals surface area contributed by atoms with Crippen LogP contribution in [0.1, 0.15) is 24.2 Å². The fourth-order valence-electron chi connectivity index (χ4n) is 2.20. The Kier molecular flexibility index (Phi) is 6.52. The summed E-state index contributed by atoms with van der Waals surface area (Å²) < 4.78 is 27.4. The molecule has 0 aliphatic heterocycles. The second-order valence-corrected chi connectivity index (χ2v) is 8.81. The van der Waals surface area contributed by atoms with Crippen molar-refractivity contribution < 1.29 is 18.0 Å². The van der Waals surface area contributed by atoms with Crippen LogP contribution in [-0.4, -0.2) is 33.3 Å². The van der Waals surface area contributed by atoms with Gasteiger partial charge < -0.3 is 10.6 Å². The van der Waals surface area contributed by atoms with Gasteiger partial charge in [0.2, 0.25) is 5.91 Å². The zero-order valence-corrected chi connectivity index (χ0v) is 16.3. The molecule has 2 amide bonds. The zero-order chi connectivity index (χ0) is 19.3. The third kappa shape index (κ3) is 4.90. The second kappa shape index (κ2) is 8.43. The predicted molar refractivity (Wildman–Crippen MR) is 102 cm³/mol. The number of thiophene rings is 1. The standard InChI is InChI=1S/C17H21N3O4S2/c1-11(2)15(20-26(23,24)14-5-4-10-25-14)17(22)19-13-8-6-12(7-9-13)16(21)18-3/h4-11,15,20H,1-3H3,(H,18,21)(H,19,22)/t15-/m1/s1. The van der Waals surface area contributed by atoms with Gasteiger partial charge in [-0.1, -0.05) is 19.9 Å². The van der Waals surface area contributed by atoms with Gasteiger partial charge in [-0.3, -0.25) is 9.59 Å². The van der Waals surface area contributed by atoms with Crippen LogP contribution in [-0.2, 0) is 14.8 Å². The number of sulfonamides is 1. The van der Waals surface area contributed by atoms with Crippen LogP contribution in [0, 0.1) is 5.92 Å². The molecule has 1 heterocycles. The number of nitrogens with one attached hydrogen (secondary N) is 3. The van der Waals surface area contributed by atoms with Gasteiger partial charge in [-0.2, -0.15) is 4.72 Å². The Balaban J connectivity index is 2.12. The molecule has 140 valence electrons. The highest BCUT2D eigenvalue weighted by Gasteiger charge is 2.29. The summed E-state index contributed by atoms with van der Waals surface area (Å²) in [5.74, 6) is -0.950. The summed E-state index contributed by atoms with van der Waals surface area (Å²) in [5, 5.41) is 6.85. The molecule has 2 rings (SSSR count). The molecule has 26 heavy (non-hydrogen) atoms. The molecule has 0 aliphatic carbocycles. The van der Waals surface area contributed by atoms with Gasteiger partial charge in [0.1, 0.15) is 10.3 Å². The van der Waals surface area contributed by atoms with Crippen molar-refractivity contribution in [2.45, 2.75) is 24.1 Å². The highest BCUT2D eigenvalue weighted by atomic mass is 32.2. The quantitative estimate of drug-likeness (QED) is 0.667. The molecule has 0 spiro atoms. The van der Waals surface area contributed by atoms with Crippen LogP contribution in [0.3, 0.4) is 0 Å². The van der Waals surface area contributed by atoms with E-state index in [0.29, 0.717) is 11.3 Å². The number of hydrogen-bond acceptors (Lipinski definition) is 5. The van der Waals surface area contributed by atoms with Crippen LogP contribution < -0.4 is 15.4 Å². The number of rotatable bonds is 7. The first-order chi connectivity index (χ1) is 12.2. The number of benzene rings is 1. The minimum Gasteiger partial charge on any atom is -0.355 e. The number of hydrogen-bond donors (Lipinski definition) is 3. The Bertz CT molecular complexity index is 860. The first kappa shape index (κ1) is 20.1. The highest BCUT2D eigenvalue weighted by molar-refractivity contribution is 7.91. The first-order valence-electron chi connectivity index (χ1n) is 7.93. The van der Waals surface area contributed by atoms with E-state index < -0.39 is 22.0 Å². The predicted octanol–water partition coefficient (Wildman–Crippen LogP) is 2.05. The van der Waals surface area contributed by atoms with E-state index in [9.17, 15) is 18.0 Å². The van der Waals surface area contributed by atoms with Gasteiger partial charge in [-0.15, -0.1) is 11.3 Å². The number of carbonyl (C=O) groups excluding carboxylic acids is 2. The number of anilines is 1. The van der Waals surface area contributed by atoms with Gasteiger partial charge in [-0.25, -0.2) is 8.42 Å². The molecule has 9 heteroatoms. The van der Waals surface area contributed by atoms with Crippen LogP contribution in [0.5, 0.6) is 0 Å². The summed E-state index contributed by atoms with van der Waals surface area (Å²) in [4.78, 5) is 24.1. The summed E-state index contributed by atoms with van der Waals surface area (Å²) in [6, 6.07) is 8.53. The van der Waals surface area contributed by atoms with E-state index >= 15 is 0 Å². The van der Waals surface area contributed by atoms with Crippen molar-refractivity contribution in [2.24, 2.45) is 5.92 Å². The monoisotopic (exact) mass is 395 g/mol. The largest absolute Gasteiger partial charge is 0.355 e.